The number of rotatable bonds is 5. The van der Waals surface area contributed by atoms with Gasteiger partial charge in [0.25, 0.3) is 0 Å². The van der Waals surface area contributed by atoms with Crippen molar-refractivity contribution in [3.05, 3.63) is 24.3 Å². The first kappa shape index (κ1) is 21.2. The summed E-state index contributed by atoms with van der Waals surface area (Å²) < 4.78 is 33.4. The molecule has 8 nitrogen and oxygen atoms in total. The Balaban J connectivity index is 1.39. The lowest BCUT2D eigenvalue weighted by atomic mass is 9.94. The van der Waals surface area contributed by atoms with Gasteiger partial charge in [-0.2, -0.15) is 4.31 Å². The van der Waals surface area contributed by atoms with Gasteiger partial charge in [-0.05, 0) is 50.8 Å². The molecule has 1 aliphatic carbocycles. The van der Waals surface area contributed by atoms with Crippen LogP contribution in [0, 0.1) is 5.92 Å². The highest BCUT2D eigenvalue weighted by atomic mass is 32.2. The summed E-state index contributed by atoms with van der Waals surface area (Å²) in [6.45, 7) is 4.22. The number of nitrogens with zero attached hydrogens (tertiary/aromatic N) is 4. The van der Waals surface area contributed by atoms with Crippen molar-refractivity contribution in [2.75, 3.05) is 53.4 Å². The molecule has 3 aliphatic heterocycles. The number of hydrogen-bond acceptors (Lipinski definition) is 6. The minimum atomic E-state index is -3.60. The number of sulfonamides is 1. The lowest BCUT2D eigenvalue weighted by molar-refractivity contribution is -0.134. The maximum absolute atomic E-state index is 13.4. The zero-order chi connectivity index (χ0) is 21.8. The number of fused-ring (bicyclic) bond motifs is 2. The van der Waals surface area contributed by atoms with Crippen LogP contribution < -0.4 is 4.74 Å². The van der Waals surface area contributed by atoms with Gasteiger partial charge < -0.3 is 14.5 Å². The van der Waals surface area contributed by atoms with E-state index < -0.39 is 10.0 Å². The van der Waals surface area contributed by atoms with Gasteiger partial charge in [0.2, 0.25) is 15.9 Å². The van der Waals surface area contributed by atoms with Gasteiger partial charge in [0, 0.05) is 45.3 Å². The highest BCUT2D eigenvalue weighted by Gasteiger charge is 2.59. The van der Waals surface area contributed by atoms with Crippen molar-refractivity contribution in [2.45, 2.75) is 42.3 Å². The Hall–Kier alpha value is -1.68. The maximum atomic E-state index is 13.4. The lowest BCUT2D eigenvalue weighted by Crippen LogP contribution is -2.63. The first-order valence-corrected chi connectivity index (χ1v) is 12.7. The highest BCUT2D eigenvalue weighted by molar-refractivity contribution is 7.89. The second-order valence-corrected chi connectivity index (χ2v) is 11.4. The fourth-order valence-corrected chi connectivity index (χ4v) is 7.02. The SMILES string of the molecule is COc1cccc(S(=O)(=O)N2CCC3(CC2)N(CC2CC2)C(=O)[C@H]2CN(C)CCN23)c1. The minimum Gasteiger partial charge on any atom is -0.497 e. The van der Waals surface area contributed by atoms with E-state index in [4.69, 9.17) is 4.74 Å². The number of carbonyl (C=O) groups is 1. The minimum absolute atomic E-state index is 0.0981. The number of carbonyl (C=O) groups excluding carboxylic acids is 1. The molecule has 1 atom stereocenters. The quantitative estimate of drug-likeness (QED) is 0.670. The van der Waals surface area contributed by atoms with Crippen molar-refractivity contribution < 1.29 is 17.9 Å². The number of amides is 1. The number of likely N-dealkylation sites (N-methyl/N-ethyl adjacent to an activating group) is 1. The molecule has 1 spiro atoms. The van der Waals surface area contributed by atoms with Gasteiger partial charge in [0.15, 0.2) is 0 Å². The van der Waals surface area contributed by atoms with E-state index in [2.05, 4.69) is 21.7 Å². The molecule has 170 valence electrons. The summed E-state index contributed by atoms with van der Waals surface area (Å²) in [6, 6.07) is 6.56. The van der Waals surface area contributed by atoms with Gasteiger partial charge in [-0.15, -0.1) is 0 Å². The Labute approximate surface area is 184 Å². The predicted molar refractivity (Wildman–Crippen MR) is 116 cm³/mol. The standard InChI is InChI=1S/C22H32N4O4S/c1-23-12-13-25-20(16-23)21(27)26(15-17-6-7-17)22(25)8-10-24(11-9-22)31(28,29)19-5-3-4-18(14-19)30-2/h3-5,14,17,20H,6-13,15-16H2,1-2H3/t20-/m1/s1. The fraction of sp³-hybridized carbons (Fsp3) is 0.682. The van der Waals surface area contributed by atoms with Crippen LogP contribution in [0.15, 0.2) is 29.2 Å². The van der Waals surface area contributed by atoms with Crippen LogP contribution in [0.2, 0.25) is 0 Å². The molecule has 4 aliphatic rings. The molecule has 31 heavy (non-hydrogen) atoms. The monoisotopic (exact) mass is 448 g/mol. The maximum Gasteiger partial charge on any atom is 0.243 e. The number of benzene rings is 1. The normalized spacial score (nSPS) is 27.6. The third-order valence-corrected chi connectivity index (χ3v) is 9.41. The molecule has 0 radical (unpaired) electrons. The van der Waals surface area contributed by atoms with Crippen LogP contribution in [-0.4, -0.2) is 98.5 Å². The zero-order valence-corrected chi connectivity index (χ0v) is 19.2. The molecular formula is C22H32N4O4S. The van der Waals surface area contributed by atoms with E-state index in [1.807, 2.05) is 0 Å². The summed E-state index contributed by atoms with van der Waals surface area (Å²) in [5.74, 6) is 1.38. The summed E-state index contributed by atoms with van der Waals surface area (Å²) in [5, 5.41) is 0. The van der Waals surface area contributed by atoms with E-state index in [0.29, 0.717) is 37.6 Å². The summed E-state index contributed by atoms with van der Waals surface area (Å²) in [6.07, 6.45) is 3.71. The van der Waals surface area contributed by atoms with Crippen LogP contribution in [0.25, 0.3) is 0 Å². The molecule has 1 saturated carbocycles. The Morgan fingerprint density at radius 2 is 1.87 bits per heavy atom. The van der Waals surface area contributed by atoms with E-state index >= 15 is 0 Å². The zero-order valence-electron chi connectivity index (χ0n) is 18.4. The van der Waals surface area contributed by atoms with Crippen LogP contribution in [0.1, 0.15) is 25.7 Å². The smallest absolute Gasteiger partial charge is 0.243 e. The van der Waals surface area contributed by atoms with Crippen molar-refractivity contribution in [3.63, 3.8) is 0 Å². The summed E-state index contributed by atoms with van der Waals surface area (Å²) in [7, 11) is 0.0122. The number of ether oxygens (including phenoxy) is 1. The van der Waals surface area contributed by atoms with Crippen LogP contribution in [0.3, 0.4) is 0 Å². The van der Waals surface area contributed by atoms with Crippen molar-refractivity contribution in [1.82, 2.24) is 19.0 Å². The average Bonchev–Trinajstić information content (AvgIpc) is 3.58. The average molecular weight is 449 g/mol. The molecule has 5 rings (SSSR count). The second-order valence-electron chi connectivity index (χ2n) is 9.43. The lowest BCUT2D eigenvalue weighted by Gasteiger charge is -2.50. The van der Waals surface area contributed by atoms with Gasteiger partial charge >= 0.3 is 0 Å². The van der Waals surface area contributed by atoms with Crippen molar-refractivity contribution in [1.29, 1.82) is 0 Å². The first-order valence-electron chi connectivity index (χ1n) is 11.3. The van der Waals surface area contributed by atoms with Crippen LogP contribution in [0.5, 0.6) is 5.75 Å². The van der Waals surface area contributed by atoms with E-state index in [-0.39, 0.29) is 22.5 Å². The van der Waals surface area contributed by atoms with Crippen LogP contribution in [0.4, 0.5) is 0 Å². The van der Waals surface area contributed by atoms with Crippen molar-refractivity contribution in [2.24, 2.45) is 5.92 Å². The molecule has 0 unspecified atom stereocenters. The Kier molecular flexibility index (Phi) is 5.28. The van der Waals surface area contributed by atoms with Gasteiger partial charge in [0.05, 0.1) is 17.7 Å². The fourth-order valence-electron chi connectivity index (χ4n) is 5.54. The summed E-state index contributed by atoms with van der Waals surface area (Å²) in [4.78, 5) is 20.4. The molecule has 0 bridgehead atoms. The van der Waals surface area contributed by atoms with Gasteiger partial charge in [-0.1, -0.05) is 6.07 Å². The molecule has 1 aromatic rings. The molecule has 0 N–H and O–H groups in total. The van der Waals surface area contributed by atoms with Gasteiger partial charge in [-0.3, -0.25) is 9.69 Å². The van der Waals surface area contributed by atoms with E-state index in [9.17, 15) is 13.2 Å². The molecule has 1 aromatic carbocycles. The molecule has 4 fully saturated rings. The molecule has 1 amide bonds. The summed E-state index contributed by atoms with van der Waals surface area (Å²) >= 11 is 0. The third kappa shape index (κ3) is 3.55. The number of hydrogen-bond donors (Lipinski definition) is 0. The van der Waals surface area contributed by atoms with Crippen molar-refractivity contribution >= 4 is 15.9 Å². The third-order valence-electron chi connectivity index (χ3n) is 7.51. The Bertz CT molecular complexity index is 956. The number of piperazine rings is 1. The van der Waals surface area contributed by atoms with Gasteiger partial charge in [-0.25, -0.2) is 8.42 Å². The highest BCUT2D eigenvalue weighted by Crippen LogP contribution is 2.44. The van der Waals surface area contributed by atoms with Crippen LogP contribution >= 0.6 is 0 Å². The topological polar surface area (TPSA) is 73.4 Å². The molecule has 0 aromatic heterocycles. The number of methoxy groups -OCH3 is 1. The van der Waals surface area contributed by atoms with E-state index in [0.717, 1.165) is 26.2 Å². The van der Waals surface area contributed by atoms with Gasteiger partial charge in [0.1, 0.15) is 11.8 Å². The summed E-state index contributed by atoms with van der Waals surface area (Å²) in [5.41, 5.74) is -0.341. The first-order chi connectivity index (χ1) is 14.8. The number of piperidine rings is 1. The largest absolute Gasteiger partial charge is 0.497 e. The van der Waals surface area contributed by atoms with Crippen molar-refractivity contribution in [3.8, 4) is 5.75 Å². The Morgan fingerprint density at radius 1 is 1.13 bits per heavy atom. The molecule has 3 heterocycles. The Morgan fingerprint density at radius 3 is 2.55 bits per heavy atom. The molecular weight excluding hydrogens is 416 g/mol. The van der Waals surface area contributed by atoms with Crippen LogP contribution in [-0.2, 0) is 14.8 Å². The predicted octanol–water partition coefficient (Wildman–Crippen LogP) is 1.04. The van der Waals surface area contributed by atoms with E-state index in [1.165, 1.54) is 20.0 Å². The molecule has 3 saturated heterocycles. The second kappa shape index (κ2) is 7.72. The molecule has 9 heteroatoms. The van der Waals surface area contributed by atoms with E-state index in [1.54, 1.807) is 28.6 Å².